The van der Waals surface area contributed by atoms with E-state index in [2.05, 4.69) is 10.4 Å². The number of hydrogen-bond donors (Lipinski definition) is 1. The zero-order valence-electron chi connectivity index (χ0n) is 18.1. The Kier molecular flexibility index (Phi) is 5.89. The summed E-state index contributed by atoms with van der Waals surface area (Å²) in [4.78, 5) is 25.6. The molecule has 0 aliphatic carbocycles. The fourth-order valence-corrected chi connectivity index (χ4v) is 3.47. The summed E-state index contributed by atoms with van der Waals surface area (Å²) >= 11 is 0. The standard InChI is InChI=1S/C25H23N3O4/c1-4-31-25(30)22-23(29)21(32-24(22)26-18-11-7-5-8-12-18)15-20-16(2)27-28(17(20)3)19-13-9-6-10-14-19/h5-15,26H,4H2,1-3H3/b21-15-. The topological polar surface area (TPSA) is 82.4 Å². The summed E-state index contributed by atoms with van der Waals surface area (Å²) in [6, 6.07) is 18.9. The van der Waals surface area contributed by atoms with E-state index >= 15 is 0 Å². The quantitative estimate of drug-likeness (QED) is 0.357. The zero-order chi connectivity index (χ0) is 22.7. The first kappa shape index (κ1) is 21.1. The van der Waals surface area contributed by atoms with Gasteiger partial charge in [0.15, 0.2) is 11.3 Å². The lowest BCUT2D eigenvalue weighted by molar-refractivity contribution is -0.139. The van der Waals surface area contributed by atoms with Crippen LogP contribution in [-0.2, 0) is 19.1 Å². The highest BCUT2D eigenvalue weighted by Crippen LogP contribution is 2.30. The molecular formula is C25H23N3O4. The number of aromatic nitrogens is 2. The van der Waals surface area contributed by atoms with Crippen molar-refractivity contribution in [3.05, 3.63) is 94.8 Å². The monoisotopic (exact) mass is 429 g/mol. The molecular weight excluding hydrogens is 406 g/mol. The number of esters is 1. The number of Topliss-reactive ketones (excluding diaryl/α,β-unsaturated/α-hetero) is 1. The molecule has 1 N–H and O–H groups in total. The number of carbonyl (C=O) groups is 2. The van der Waals surface area contributed by atoms with Crippen LogP contribution in [-0.4, -0.2) is 28.1 Å². The molecule has 2 aromatic carbocycles. The van der Waals surface area contributed by atoms with E-state index in [1.54, 1.807) is 13.0 Å². The molecule has 0 saturated carbocycles. The maximum atomic E-state index is 13.1. The fraction of sp³-hybridized carbons (Fsp3) is 0.160. The Balaban J connectivity index is 1.71. The lowest BCUT2D eigenvalue weighted by atomic mass is 10.1. The van der Waals surface area contributed by atoms with Crippen molar-refractivity contribution in [2.45, 2.75) is 20.8 Å². The van der Waals surface area contributed by atoms with Crippen molar-refractivity contribution in [2.24, 2.45) is 0 Å². The van der Waals surface area contributed by atoms with Crippen LogP contribution in [0.15, 0.2) is 77.9 Å². The van der Waals surface area contributed by atoms with Crippen LogP contribution in [0.1, 0.15) is 23.9 Å². The van der Waals surface area contributed by atoms with Crippen LogP contribution in [0, 0.1) is 13.8 Å². The molecule has 2 heterocycles. The molecule has 0 radical (unpaired) electrons. The number of nitrogens with zero attached hydrogens (tertiary/aromatic N) is 2. The number of aryl methyl sites for hydroxylation is 1. The van der Waals surface area contributed by atoms with E-state index in [1.807, 2.05) is 79.2 Å². The average Bonchev–Trinajstić information content (AvgIpc) is 3.26. The Morgan fingerprint density at radius 3 is 2.41 bits per heavy atom. The molecule has 3 aromatic rings. The molecule has 0 bridgehead atoms. The van der Waals surface area contributed by atoms with Crippen LogP contribution in [0.25, 0.3) is 11.8 Å². The fourth-order valence-electron chi connectivity index (χ4n) is 3.47. The van der Waals surface area contributed by atoms with Crippen molar-refractivity contribution in [1.29, 1.82) is 0 Å². The van der Waals surface area contributed by atoms with Gasteiger partial charge in [0.2, 0.25) is 11.7 Å². The molecule has 0 unspecified atom stereocenters. The highest BCUT2D eigenvalue weighted by molar-refractivity contribution is 6.26. The predicted octanol–water partition coefficient (Wildman–Crippen LogP) is 4.32. The Morgan fingerprint density at radius 2 is 1.75 bits per heavy atom. The molecule has 0 fully saturated rings. The smallest absolute Gasteiger partial charge is 0.347 e. The molecule has 1 aromatic heterocycles. The van der Waals surface area contributed by atoms with Gasteiger partial charge in [-0.2, -0.15) is 5.10 Å². The third-order valence-electron chi connectivity index (χ3n) is 5.02. The molecule has 32 heavy (non-hydrogen) atoms. The Hall–Kier alpha value is -4.13. The lowest BCUT2D eigenvalue weighted by Crippen LogP contribution is -2.16. The molecule has 162 valence electrons. The van der Waals surface area contributed by atoms with Crippen LogP contribution < -0.4 is 5.32 Å². The Bertz CT molecular complexity index is 1220. The largest absolute Gasteiger partial charge is 0.462 e. The highest BCUT2D eigenvalue weighted by atomic mass is 16.5. The molecule has 0 atom stereocenters. The first-order chi connectivity index (χ1) is 15.5. The highest BCUT2D eigenvalue weighted by Gasteiger charge is 2.37. The number of hydrogen-bond acceptors (Lipinski definition) is 6. The van der Waals surface area contributed by atoms with Gasteiger partial charge < -0.3 is 14.8 Å². The van der Waals surface area contributed by atoms with Gasteiger partial charge in [0.1, 0.15) is 0 Å². The SMILES string of the molecule is CCOC(=O)C1=C(Nc2ccccc2)O/C(=C\c2c(C)nn(-c3ccccc3)c2C)C1=O. The van der Waals surface area contributed by atoms with Crippen molar-refractivity contribution in [1.82, 2.24) is 9.78 Å². The number of rotatable bonds is 6. The number of carbonyl (C=O) groups excluding carboxylic acids is 2. The van der Waals surface area contributed by atoms with Gasteiger partial charge in [-0.25, -0.2) is 9.48 Å². The average molecular weight is 429 g/mol. The van der Waals surface area contributed by atoms with Crippen molar-refractivity contribution in [2.75, 3.05) is 11.9 Å². The number of allylic oxidation sites excluding steroid dienone is 1. The summed E-state index contributed by atoms with van der Waals surface area (Å²) in [6.07, 6.45) is 1.62. The lowest BCUT2D eigenvalue weighted by Gasteiger charge is -2.08. The van der Waals surface area contributed by atoms with Crippen LogP contribution in [0.4, 0.5) is 5.69 Å². The summed E-state index contributed by atoms with van der Waals surface area (Å²) in [5.74, 6) is -1.18. The summed E-state index contributed by atoms with van der Waals surface area (Å²) in [5, 5.41) is 7.61. The summed E-state index contributed by atoms with van der Waals surface area (Å²) in [6.45, 7) is 5.61. The maximum Gasteiger partial charge on any atom is 0.347 e. The Labute approximate surface area is 186 Å². The van der Waals surface area contributed by atoms with Crippen LogP contribution >= 0.6 is 0 Å². The van der Waals surface area contributed by atoms with E-state index in [0.717, 1.165) is 22.6 Å². The second kappa shape index (κ2) is 8.93. The van der Waals surface area contributed by atoms with Gasteiger partial charge >= 0.3 is 5.97 Å². The first-order valence-electron chi connectivity index (χ1n) is 10.3. The van der Waals surface area contributed by atoms with E-state index < -0.39 is 11.8 Å². The number of para-hydroxylation sites is 2. The molecule has 7 nitrogen and oxygen atoms in total. The summed E-state index contributed by atoms with van der Waals surface area (Å²) < 4.78 is 12.7. The summed E-state index contributed by atoms with van der Waals surface area (Å²) in [5.41, 5.74) is 3.77. The predicted molar refractivity (Wildman–Crippen MR) is 121 cm³/mol. The normalized spacial score (nSPS) is 14.6. The van der Waals surface area contributed by atoms with E-state index in [4.69, 9.17) is 9.47 Å². The third kappa shape index (κ3) is 4.05. The van der Waals surface area contributed by atoms with Crippen LogP contribution in [0.2, 0.25) is 0 Å². The van der Waals surface area contributed by atoms with E-state index in [-0.39, 0.29) is 23.8 Å². The third-order valence-corrected chi connectivity index (χ3v) is 5.02. The van der Waals surface area contributed by atoms with Gasteiger partial charge in [-0.05, 0) is 51.1 Å². The second-order valence-corrected chi connectivity index (χ2v) is 7.19. The summed E-state index contributed by atoms with van der Waals surface area (Å²) in [7, 11) is 0. The number of anilines is 1. The van der Waals surface area contributed by atoms with E-state index in [0.29, 0.717) is 5.69 Å². The number of ketones is 1. The van der Waals surface area contributed by atoms with Crippen molar-refractivity contribution in [3.63, 3.8) is 0 Å². The minimum Gasteiger partial charge on any atom is -0.462 e. The van der Waals surface area contributed by atoms with Gasteiger partial charge in [0, 0.05) is 16.9 Å². The molecule has 7 heteroatoms. The van der Waals surface area contributed by atoms with Gasteiger partial charge in [0.25, 0.3) is 0 Å². The van der Waals surface area contributed by atoms with Gasteiger partial charge in [-0.3, -0.25) is 4.79 Å². The van der Waals surface area contributed by atoms with Crippen LogP contribution in [0.5, 0.6) is 0 Å². The molecule has 1 aliphatic rings. The second-order valence-electron chi connectivity index (χ2n) is 7.19. The molecule has 0 amide bonds. The number of nitrogens with one attached hydrogen (secondary N) is 1. The van der Waals surface area contributed by atoms with Gasteiger partial charge in [-0.15, -0.1) is 0 Å². The van der Waals surface area contributed by atoms with E-state index in [1.165, 1.54) is 0 Å². The minimum absolute atomic E-state index is 0.0327. The van der Waals surface area contributed by atoms with Crippen LogP contribution in [0.3, 0.4) is 0 Å². The molecule has 4 rings (SSSR count). The van der Waals surface area contributed by atoms with Crippen molar-refractivity contribution < 1.29 is 19.1 Å². The molecule has 0 spiro atoms. The van der Waals surface area contributed by atoms with Gasteiger partial charge in [-0.1, -0.05) is 36.4 Å². The molecule has 0 saturated heterocycles. The Morgan fingerprint density at radius 1 is 1.09 bits per heavy atom. The number of benzene rings is 2. The zero-order valence-corrected chi connectivity index (χ0v) is 18.1. The maximum absolute atomic E-state index is 13.1. The van der Waals surface area contributed by atoms with E-state index in [9.17, 15) is 9.59 Å². The minimum atomic E-state index is -0.729. The van der Waals surface area contributed by atoms with Gasteiger partial charge in [0.05, 0.1) is 18.0 Å². The first-order valence-corrected chi connectivity index (χ1v) is 10.3. The van der Waals surface area contributed by atoms with Crippen molar-refractivity contribution >= 4 is 23.5 Å². The molecule has 1 aliphatic heterocycles. The number of ether oxygens (including phenoxy) is 2. The van der Waals surface area contributed by atoms with Crippen molar-refractivity contribution in [3.8, 4) is 5.69 Å².